The van der Waals surface area contributed by atoms with Crippen molar-refractivity contribution in [3.63, 3.8) is 0 Å². The molecule has 136 valence electrons. The number of fused-ring (bicyclic) bond motifs is 1. The third-order valence-electron chi connectivity index (χ3n) is 3.78. The first kappa shape index (κ1) is 18.9. The van der Waals surface area contributed by atoms with Gasteiger partial charge in [0.1, 0.15) is 12.2 Å². The Balaban J connectivity index is 2.42. The van der Waals surface area contributed by atoms with E-state index in [9.17, 15) is 25.0 Å². The summed E-state index contributed by atoms with van der Waals surface area (Å²) in [6.07, 6.45) is 2.66. The van der Waals surface area contributed by atoms with E-state index in [0.717, 1.165) is 12.2 Å². The van der Waals surface area contributed by atoms with Crippen LogP contribution in [0.25, 0.3) is 0 Å². The molecule has 1 aliphatic rings. The van der Waals surface area contributed by atoms with Crippen LogP contribution in [-0.2, 0) is 4.84 Å². The van der Waals surface area contributed by atoms with Crippen molar-refractivity contribution in [3.05, 3.63) is 23.3 Å². The molecule has 0 atom stereocenters. The highest BCUT2D eigenvalue weighted by Crippen LogP contribution is 2.44. The van der Waals surface area contributed by atoms with Crippen molar-refractivity contribution >= 4 is 22.9 Å². The number of phenols is 2. The van der Waals surface area contributed by atoms with Crippen LogP contribution in [0.2, 0.25) is 0 Å². The lowest BCUT2D eigenvalue weighted by molar-refractivity contribution is -1.07. The number of hydroxylamine groups is 3. The van der Waals surface area contributed by atoms with Crippen molar-refractivity contribution in [2.45, 2.75) is 6.42 Å². The molecule has 0 heterocycles. The van der Waals surface area contributed by atoms with Crippen LogP contribution >= 0.6 is 0 Å². The van der Waals surface area contributed by atoms with Gasteiger partial charge in [-0.15, -0.1) is 0 Å². The van der Waals surface area contributed by atoms with Gasteiger partial charge in [0.2, 0.25) is 5.69 Å². The summed E-state index contributed by atoms with van der Waals surface area (Å²) in [6.45, 7) is 0.810. The monoisotopic (exact) mass is 353 g/mol. The van der Waals surface area contributed by atoms with Gasteiger partial charge in [-0.3, -0.25) is 9.59 Å². The molecule has 9 nitrogen and oxygen atoms in total. The Morgan fingerprint density at radius 2 is 1.68 bits per heavy atom. The molecule has 25 heavy (non-hydrogen) atoms. The Bertz CT molecular complexity index is 737. The molecule has 2 rings (SSSR count). The number of hydrogen-bond donors (Lipinski definition) is 5. The fourth-order valence-corrected chi connectivity index (χ4v) is 2.63. The van der Waals surface area contributed by atoms with Crippen molar-refractivity contribution in [1.29, 1.82) is 0 Å². The van der Waals surface area contributed by atoms with Crippen LogP contribution in [0, 0.1) is 0 Å². The summed E-state index contributed by atoms with van der Waals surface area (Å²) < 4.78 is -0.210. The number of carbonyl (C=O) groups is 2. The van der Waals surface area contributed by atoms with Gasteiger partial charge in [0.25, 0.3) is 0 Å². The van der Waals surface area contributed by atoms with Crippen LogP contribution in [0.1, 0.15) is 27.1 Å². The van der Waals surface area contributed by atoms with E-state index in [4.69, 9.17) is 4.84 Å². The molecule has 1 aliphatic carbocycles. The maximum Gasteiger partial charge on any atom is 0.232 e. The Morgan fingerprint density at radius 1 is 1.12 bits per heavy atom. The van der Waals surface area contributed by atoms with Gasteiger partial charge >= 0.3 is 0 Å². The molecular weight excluding hydrogens is 330 g/mol. The number of nitrogens with zero attached hydrogens (tertiary/aromatic N) is 1. The van der Waals surface area contributed by atoms with Crippen LogP contribution in [-0.4, -0.2) is 65.9 Å². The average Bonchev–Trinajstić information content (AvgIpc) is 2.52. The van der Waals surface area contributed by atoms with Gasteiger partial charge in [-0.2, -0.15) is 10.1 Å². The highest BCUT2D eigenvalue weighted by molar-refractivity contribution is 6.25. The summed E-state index contributed by atoms with van der Waals surface area (Å²) in [5.41, 5.74) is 0.872. The minimum atomic E-state index is -0.570. The summed E-state index contributed by atoms with van der Waals surface area (Å²) >= 11 is 0. The molecule has 0 spiro atoms. The summed E-state index contributed by atoms with van der Waals surface area (Å²) in [4.78, 5) is 29.0. The summed E-state index contributed by atoms with van der Waals surface area (Å²) in [5.74, 6) is -1.99. The largest absolute Gasteiger partial charge is 0.505 e. The first-order valence-electron chi connectivity index (χ1n) is 7.71. The van der Waals surface area contributed by atoms with Crippen molar-refractivity contribution in [2.75, 3.05) is 39.6 Å². The Kier molecular flexibility index (Phi) is 5.43. The Morgan fingerprint density at radius 3 is 2.20 bits per heavy atom. The van der Waals surface area contributed by atoms with Crippen LogP contribution < -0.4 is 10.8 Å². The molecule has 9 heteroatoms. The molecule has 1 aromatic rings. The van der Waals surface area contributed by atoms with Crippen LogP contribution in [0.4, 0.5) is 11.4 Å². The second-order valence-corrected chi connectivity index (χ2v) is 6.28. The van der Waals surface area contributed by atoms with E-state index in [2.05, 4.69) is 5.32 Å². The van der Waals surface area contributed by atoms with E-state index in [1.807, 2.05) is 0 Å². The normalized spacial score (nSPS) is 13.9. The number of phenolic OH excluding ortho intramolecular Hbond substituents is 2. The molecule has 0 amide bonds. The Hall–Kier alpha value is -2.46. The van der Waals surface area contributed by atoms with E-state index >= 15 is 0 Å². The summed E-state index contributed by atoms with van der Waals surface area (Å²) in [5, 5.41) is 33.6. The predicted octanol–water partition coefficient (Wildman–Crippen LogP) is 0.0569. The zero-order chi connectivity index (χ0) is 18.8. The second kappa shape index (κ2) is 7.19. The van der Waals surface area contributed by atoms with Crippen molar-refractivity contribution < 1.29 is 40.0 Å². The molecule has 0 saturated heterocycles. The van der Waals surface area contributed by atoms with E-state index in [0.29, 0.717) is 19.5 Å². The number of carbonyl (C=O) groups excluding carboxylic acids is 2. The van der Waals surface area contributed by atoms with Gasteiger partial charge in [-0.05, 0) is 12.2 Å². The van der Waals surface area contributed by atoms with E-state index in [-0.39, 0.29) is 27.1 Å². The van der Waals surface area contributed by atoms with Gasteiger partial charge in [0.05, 0.1) is 32.3 Å². The highest BCUT2D eigenvalue weighted by Gasteiger charge is 2.34. The number of anilines is 1. The van der Waals surface area contributed by atoms with Gasteiger partial charge in [0, 0.05) is 13.0 Å². The molecule has 6 N–H and O–H groups in total. The number of nitrogens with one attached hydrogen (secondary N) is 1. The van der Waals surface area contributed by atoms with Crippen molar-refractivity contribution in [2.24, 2.45) is 0 Å². The number of benzene rings is 1. The molecule has 0 bridgehead atoms. The maximum atomic E-state index is 12.1. The molecule has 0 aromatic heterocycles. The lowest BCUT2D eigenvalue weighted by Gasteiger charge is -2.21. The maximum absolute atomic E-state index is 12.1. The van der Waals surface area contributed by atoms with Crippen LogP contribution in [0.3, 0.4) is 0 Å². The standard InChI is InChI=1S/C16H21N3O6/c1-19(2,24)8-4-7-17-13-14(18-25-3)16(23)12-10(21)6-5-9(20)11(12)15(13)22/h5-6,24H,4,7-8H2,1-3H3,(H3-,17,18,20,21,22,23)/p+2. The first-order valence-corrected chi connectivity index (χ1v) is 7.71. The van der Waals surface area contributed by atoms with Crippen LogP contribution in [0.5, 0.6) is 11.5 Å². The molecule has 0 saturated carbocycles. The SMILES string of the molecule is CO[NH2+]c1c(O)c2c(c(O)c1NCCC[N+](C)(C)O)C(=O)C=CC2=O. The third-order valence-corrected chi connectivity index (χ3v) is 3.78. The molecule has 0 fully saturated rings. The number of nitrogens with two attached hydrogens (primary N) is 1. The topological polar surface area (TPSA) is 133 Å². The zero-order valence-electron chi connectivity index (χ0n) is 14.4. The summed E-state index contributed by atoms with van der Waals surface area (Å²) in [6, 6.07) is 0. The van der Waals surface area contributed by atoms with E-state index in [1.54, 1.807) is 14.1 Å². The van der Waals surface area contributed by atoms with Gasteiger partial charge < -0.3 is 15.5 Å². The predicted molar refractivity (Wildman–Crippen MR) is 88.0 cm³/mol. The number of allylic oxidation sites excluding steroid dienone is 2. The summed E-state index contributed by atoms with van der Waals surface area (Å²) in [7, 11) is 4.62. The van der Waals surface area contributed by atoms with Gasteiger partial charge in [-0.1, -0.05) is 0 Å². The second-order valence-electron chi connectivity index (χ2n) is 6.28. The Labute approximate surface area is 144 Å². The smallest absolute Gasteiger partial charge is 0.232 e. The minimum absolute atomic E-state index is 0.0768. The number of aromatic hydroxyl groups is 2. The fraction of sp³-hybridized carbons (Fsp3) is 0.375. The molecule has 0 aliphatic heterocycles. The molecule has 1 aromatic carbocycles. The first-order chi connectivity index (χ1) is 11.7. The van der Waals surface area contributed by atoms with E-state index in [1.165, 1.54) is 12.6 Å². The van der Waals surface area contributed by atoms with Crippen molar-refractivity contribution in [1.82, 2.24) is 0 Å². The van der Waals surface area contributed by atoms with Gasteiger partial charge in [-0.25, -0.2) is 10.0 Å². The number of quaternary nitrogens is 2. The molecular formula is C16H23N3O6+2. The lowest BCUT2D eigenvalue weighted by Crippen LogP contribution is -2.76. The highest BCUT2D eigenvalue weighted by atomic mass is 16.6. The van der Waals surface area contributed by atoms with Crippen LogP contribution in [0.15, 0.2) is 12.2 Å². The fourth-order valence-electron chi connectivity index (χ4n) is 2.63. The molecule has 0 unspecified atom stereocenters. The third kappa shape index (κ3) is 3.97. The van der Waals surface area contributed by atoms with Crippen molar-refractivity contribution in [3.8, 4) is 11.5 Å². The number of ketones is 2. The van der Waals surface area contributed by atoms with Gasteiger partial charge in [0.15, 0.2) is 23.1 Å². The zero-order valence-corrected chi connectivity index (χ0v) is 14.4. The van der Waals surface area contributed by atoms with E-state index < -0.39 is 23.1 Å². The lowest BCUT2D eigenvalue weighted by atomic mass is 9.91. The minimum Gasteiger partial charge on any atom is -0.505 e. The number of hydrogen-bond acceptors (Lipinski definition) is 7. The number of rotatable bonds is 7. The quantitative estimate of drug-likeness (QED) is 0.117. The molecule has 0 radical (unpaired) electrons. The average molecular weight is 353 g/mol.